The SMILES string of the molecule is CC(N)=NCCC[C@H](NC(=O)c1cccc(Cc2ccccc2)c1)C(=O)OC(C)(C)C. The third-order valence-electron chi connectivity index (χ3n) is 4.45. The van der Waals surface area contributed by atoms with Crippen molar-refractivity contribution in [2.45, 2.75) is 58.6 Å². The quantitative estimate of drug-likeness (QED) is 0.277. The van der Waals surface area contributed by atoms with Gasteiger partial charge in [0.1, 0.15) is 11.6 Å². The van der Waals surface area contributed by atoms with Crippen molar-refractivity contribution >= 4 is 17.7 Å². The first-order valence-corrected chi connectivity index (χ1v) is 10.6. The Morgan fingerprint density at radius 1 is 1.06 bits per heavy atom. The predicted octanol–water partition coefficient (Wildman–Crippen LogP) is 3.87. The average molecular weight is 424 g/mol. The fourth-order valence-electron chi connectivity index (χ4n) is 3.07. The molecular weight excluding hydrogens is 390 g/mol. The van der Waals surface area contributed by atoms with Crippen molar-refractivity contribution in [3.63, 3.8) is 0 Å². The second-order valence-electron chi connectivity index (χ2n) is 8.59. The molecule has 3 N–H and O–H groups in total. The van der Waals surface area contributed by atoms with E-state index in [1.54, 1.807) is 33.8 Å². The van der Waals surface area contributed by atoms with E-state index in [0.29, 0.717) is 30.8 Å². The maximum Gasteiger partial charge on any atom is 0.329 e. The minimum atomic E-state index is -0.752. The number of hydrogen-bond donors (Lipinski definition) is 2. The number of rotatable bonds is 9. The lowest BCUT2D eigenvalue weighted by molar-refractivity contribution is -0.157. The van der Waals surface area contributed by atoms with Crippen LogP contribution in [-0.4, -0.2) is 35.9 Å². The second-order valence-corrected chi connectivity index (χ2v) is 8.59. The van der Waals surface area contributed by atoms with Crippen LogP contribution in [0.5, 0.6) is 0 Å². The molecule has 0 aromatic heterocycles. The molecule has 6 nitrogen and oxygen atoms in total. The zero-order valence-corrected chi connectivity index (χ0v) is 18.9. The summed E-state index contributed by atoms with van der Waals surface area (Å²) in [6.07, 6.45) is 1.75. The average Bonchev–Trinajstić information content (AvgIpc) is 2.69. The topological polar surface area (TPSA) is 93.8 Å². The van der Waals surface area contributed by atoms with Gasteiger partial charge in [0.2, 0.25) is 0 Å². The molecule has 0 aliphatic carbocycles. The minimum Gasteiger partial charge on any atom is -0.458 e. The van der Waals surface area contributed by atoms with E-state index < -0.39 is 17.6 Å². The Balaban J connectivity index is 2.09. The number of esters is 1. The molecule has 1 atom stereocenters. The van der Waals surface area contributed by atoms with Crippen LogP contribution < -0.4 is 11.1 Å². The number of carbonyl (C=O) groups excluding carboxylic acids is 2. The number of nitrogens with zero attached hydrogens (tertiary/aromatic N) is 1. The molecular formula is C25H33N3O3. The van der Waals surface area contributed by atoms with Gasteiger partial charge < -0.3 is 15.8 Å². The second kappa shape index (κ2) is 11.3. The first kappa shape index (κ1) is 24.1. The van der Waals surface area contributed by atoms with Crippen LogP contribution in [0, 0.1) is 0 Å². The van der Waals surface area contributed by atoms with Gasteiger partial charge in [-0.1, -0.05) is 42.5 Å². The molecule has 0 saturated heterocycles. The first-order valence-electron chi connectivity index (χ1n) is 10.6. The molecule has 0 radical (unpaired) electrons. The van der Waals surface area contributed by atoms with E-state index in [4.69, 9.17) is 10.5 Å². The number of amidine groups is 1. The highest BCUT2D eigenvalue weighted by molar-refractivity contribution is 5.97. The van der Waals surface area contributed by atoms with E-state index >= 15 is 0 Å². The Morgan fingerprint density at radius 2 is 1.74 bits per heavy atom. The summed E-state index contributed by atoms with van der Waals surface area (Å²) in [4.78, 5) is 29.7. The molecule has 166 valence electrons. The number of amides is 1. The zero-order valence-electron chi connectivity index (χ0n) is 18.9. The molecule has 0 saturated carbocycles. The van der Waals surface area contributed by atoms with E-state index in [0.717, 1.165) is 12.0 Å². The maximum absolute atomic E-state index is 12.9. The fraction of sp³-hybridized carbons (Fsp3) is 0.400. The molecule has 0 bridgehead atoms. The molecule has 0 unspecified atom stereocenters. The fourth-order valence-corrected chi connectivity index (χ4v) is 3.07. The van der Waals surface area contributed by atoms with E-state index in [-0.39, 0.29) is 5.91 Å². The summed E-state index contributed by atoms with van der Waals surface area (Å²) in [5.74, 6) is -0.257. The summed E-state index contributed by atoms with van der Waals surface area (Å²) >= 11 is 0. The number of aliphatic imine (C=N–C) groups is 1. The van der Waals surface area contributed by atoms with Crippen LogP contribution in [0.2, 0.25) is 0 Å². The van der Waals surface area contributed by atoms with Gasteiger partial charge in [-0.25, -0.2) is 4.79 Å². The highest BCUT2D eigenvalue weighted by Gasteiger charge is 2.26. The Hall–Kier alpha value is -3.15. The van der Waals surface area contributed by atoms with Crippen LogP contribution in [0.3, 0.4) is 0 Å². The summed E-state index contributed by atoms with van der Waals surface area (Å²) in [5, 5.41) is 2.84. The van der Waals surface area contributed by atoms with Gasteiger partial charge in [-0.15, -0.1) is 0 Å². The number of carbonyl (C=O) groups is 2. The Kier molecular flexibility index (Phi) is 8.79. The van der Waals surface area contributed by atoms with Crippen LogP contribution in [-0.2, 0) is 16.0 Å². The Labute approximate surface area is 184 Å². The van der Waals surface area contributed by atoms with Crippen LogP contribution in [0.15, 0.2) is 59.6 Å². The van der Waals surface area contributed by atoms with E-state index in [1.807, 2.05) is 36.4 Å². The van der Waals surface area contributed by atoms with Crippen molar-refractivity contribution in [3.05, 3.63) is 71.3 Å². The van der Waals surface area contributed by atoms with E-state index in [9.17, 15) is 9.59 Å². The summed E-state index contributed by atoms with van der Waals surface area (Å²) in [7, 11) is 0. The highest BCUT2D eigenvalue weighted by atomic mass is 16.6. The largest absolute Gasteiger partial charge is 0.458 e. The smallest absolute Gasteiger partial charge is 0.329 e. The van der Waals surface area contributed by atoms with Gasteiger partial charge in [-0.3, -0.25) is 9.79 Å². The monoisotopic (exact) mass is 423 g/mol. The number of hydrogen-bond acceptors (Lipinski definition) is 4. The maximum atomic E-state index is 12.9. The van der Waals surface area contributed by atoms with Crippen LogP contribution in [0.4, 0.5) is 0 Å². The van der Waals surface area contributed by atoms with Gasteiger partial charge in [0.05, 0.1) is 5.84 Å². The minimum absolute atomic E-state index is 0.302. The molecule has 2 aromatic rings. The van der Waals surface area contributed by atoms with Gasteiger partial charge in [0, 0.05) is 12.1 Å². The van der Waals surface area contributed by atoms with Gasteiger partial charge in [0.25, 0.3) is 5.91 Å². The van der Waals surface area contributed by atoms with Gasteiger partial charge in [-0.2, -0.15) is 0 Å². The van der Waals surface area contributed by atoms with Gasteiger partial charge >= 0.3 is 5.97 Å². The molecule has 0 heterocycles. The summed E-state index contributed by atoms with van der Waals surface area (Å²) in [6, 6.07) is 16.8. The van der Waals surface area contributed by atoms with Crippen molar-refractivity contribution in [1.82, 2.24) is 5.32 Å². The van der Waals surface area contributed by atoms with Crippen molar-refractivity contribution in [2.24, 2.45) is 10.7 Å². The van der Waals surface area contributed by atoms with Crippen molar-refractivity contribution < 1.29 is 14.3 Å². The number of benzene rings is 2. The normalized spacial score (nSPS) is 12.8. The first-order chi connectivity index (χ1) is 14.6. The highest BCUT2D eigenvalue weighted by Crippen LogP contribution is 2.14. The summed E-state index contributed by atoms with van der Waals surface area (Å²) < 4.78 is 5.50. The zero-order chi connectivity index (χ0) is 22.9. The standard InChI is InChI=1S/C25H33N3O3/c1-18(26)27-15-9-14-22(24(30)31-25(2,3)4)28-23(29)21-13-8-12-20(17-21)16-19-10-6-5-7-11-19/h5-8,10-13,17,22H,9,14-16H2,1-4H3,(H2,26,27)(H,28,29)/t22-/m0/s1. The lowest BCUT2D eigenvalue weighted by atomic mass is 10.0. The molecule has 2 rings (SSSR count). The van der Waals surface area contributed by atoms with Gasteiger partial charge in [0.15, 0.2) is 0 Å². The van der Waals surface area contributed by atoms with Crippen molar-refractivity contribution in [1.29, 1.82) is 0 Å². The summed E-state index contributed by atoms with van der Waals surface area (Å²) in [5.41, 5.74) is 7.64. The molecule has 6 heteroatoms. The lowest BCUT2D eigenvalue weighted by Crippen LogP contribution is -2.44. The third kappa shape index (κ3) is 9.03. The molecule has 31 heavy (non-hydrogen) atoms. The van der Waals surface area contributed by atoms with Gasteiger partial charge in [-0.05, 0) is 70.2 Å². The Bertz CT molecular complexity index is 898. The lowest BCUT2D eigenvalue weighted by Gasteiger charge is -2.24. The van der Waals surface area contributed by atoms with Crippen LogP contribution in [0.25, 0.3) is 0 Å². The molecule has 0 aliphatic rings. The molecule has 0 aliphatic heterocycles. The number of nitrogens with two attached hydrogens (primary N) is 1. The molecule has 2 aromatic carbocycles. The van der Waals surface area contributed by atoms with Crippen LogP contribution in [0.1, 0.15) is 62.0 Å². The predicted molar refractivity (Wildman–Crippen MR) is 124 cm³/mol. The number of ether oxygens (including phenoxy) is 1. The molecule has 0 fully saturated rings. The molecule has 1 amide bonds. The number of nitrogens with one attached hydrogen (secondary N) is 1. The third-order valence-corrected chi connectivity index (χ3v) is 4.45. The van der Waals surface area contributed by atoms with Crippen molar-refractivity contribution in [3.8, 4) is 0 Å². The van der Waals surface area contributed by atoms with Crippen LogP contribution >= 0.6 is 0 Å². The molecule has 0 spiro atoms. The van der Waals surface area contributed by atoms with Crippen molar-refractivity contribution in [2.75, 3.05) is 6.54 Å². The van der Waals surface area contributed by atoms with E-state index in [1.165, 1.54) is 5.56 Å². The van der Waals surface area contributed by atoms with E-state index in [2.05, 4.69) is 22.4 Å². The summed E-state index contributed by atoms with van der Waals surface area (Å²) in [6.45, 7) is 7.62. The Morgan fingerprint density at radius 3 is 2.39 bits per heavy atom.